The highest BCUT2D eigenvalue weighted by Gasteiger charge is 2.27. The Morgan fingerprint density at radius 1 is 1.04 bits per heavy atom. The molecule has 1 amide bonds. The van der Waals surface area contributed by atoms with Gasteiger partial charge in [0, 0.05) is 24.5 Å². The number of fused-ring (bicyclic) bond motifs is 2. The highest BCUT2D eigenvalue weighted by Crippen LogP contribution is 2.33. The van der Waals surface area contributed by atoms with Crippen molar-refractivity contribution in [1.29, 1.82) is 0 Å². The molecule has 1 heterocycles. The van der Waals surface area contributed by atoms with Crippen molar-refractivity contribution in [2.45, 2.75) is 25.8 Å². The molecule has 140 valence electrons. The van der Waals surface area contributed by atoms with Crippen molar-refractivity contribution in [3.05, 3.63) is 53.1 Å². The van der Waals surface area contributed by atoms with Crippen LogP contribution in [-0.4, -0.2) is 35.0 Å². The topological polar surface area (TPSA) is 104 Å². The first kappa shape index (κ1) is 18.4. The van der Waals surface area contributed by atoms with Crippen molar-refractivity contribution in [1.82, 2.24) is 0 Å². The van der Waals surface area contributed by atoms with E-state index >= 15 is 0 Å². The minimum atomic E-state index is -0.513. The number of aromatic hydroxyl groups is 2. The Morgan fingerprint density at radius 3 is 2.48 bits per heavy atom. The molecule has 0 atom stereocenters. The number of phenolic OH excluding ortho intramolecular Hbond substituents is 2. The summed E-state index contributed by atoms with van der Waals surface area (Å²) in [5.74, 6) is -1.16. The minimum Gasteiger partial charge on any atom is -0.508 e. The SMILES string of the molecule is COC(=O)CCC(=O)N1Cc2cc(O)ccc2CC(=O)c2ccc(O)cc21. The van der Waals surface area contributed by atoms with Crippen LogP contribution in [0, 0.1) is 0 Å². The van der Waals surface area contributed by atoms with Gasteiger partial charge in [-0.15, -0.1) is 0 Å². The zero-order valence-corrected chi connectivity index (χ0v) is 14.8. The summed E-state index contributed by atoms with van der Waals surface area (Å²) in [6.45, 7) is 0.105. The number of benzene rings is 2. The first-order valence-electron chi connectivity index (χ1n) is 8.43. The summed E-state index contributed by atoms with van der Waals surface area (Å²) >= 11 is 0. The van der Waals surface area contributed by atoms with Crippen LogP contribution >= 0.6 is 0 Å². The zero-order chi connectivity index (χ0) is 19.6. The molecule has 0 fully saturated rings. The molecule has 7 nitrogen and oxygen atoms in total. The monoisotopic (exact) mass is 369 g/mol. The molecule has 1 aliphatic rings. The number of carbonyl (C=O) groups excluding carboxylic acids is 3. The lowest BCUT2D eigenvalue weighted by Crippen LogP contribution is -2.34. The predicted molar refractivity (Wildman–Crippen MR) is 96.7 cm³/mol. The number of methoxy groups -OCH3 is 1. The van der Waals surface area contributed by atoms with Crippen LogP contribution in [-0.2, 0) is 27.3 Å². The third-order valence-corrected chi connectivity index (χ3v) is 4.51. The number of hydrogen-bond donors (Lipinski definition) is 2. The third-order valence-electron chi connectivity index (χ3n) is 4.51. The summed E-state index contributed by atoms with van der Waals surface area (Å²) in [6.07, 6.45) is -0.0808. The van der Waals surface area contributed by atoms with Gasteiger partial charge in [-0.1, -0.05) is 6.07 Å². The van der Waals surface area contributed by atoms with Gasteiger partial charge in [-0.05, 0) is 35.4 Å². The van der Waals surface area contributed by atoms with Crippen molar-refractivity contribution < 1.29 is 29.3 Å². The van der Waals surface area contributed by atoms with E-state index < -0.39 is 11.9 Å². The molecule has 0 aliphatic carbocycles. The Kier molecular flexibility index (Phi) is 5.12. The predicted octanol–water partition coefficient (Wildman–Crippen LogP) is 2.32. The van der Waals surface area contributed by atoms with E-state index in [4.69, 9.17) is 0 Å². The second kappa shape index (κ2) is 7.49. The smallest absolute Gasteiger partial charge is 0.306 e. The van der Waals surface area contributed by atoms with E-state index in [1.165, 1.54) is 42.3 Å². The van der Waals surface area contributed by atoms with E-state index in [0.717, 1.165) is 0 Å². The quantitative estimate of drug-likeness (QED) is 0.805. The Balaban J connectivity index is 2.05. The molecule has 1 aliphatic heterocycles. The summed E-state index contributed by atoms with van der Waals surface area (Å²) in [4.78, 5) is 38.3. The summed E-state index contributed by atoms with van der Waals surface area (Å²) in [6, 6.07) is 8.90. The molecular weight excluding hydrogens is 350 g/mol. The van der Waals surface area contributed by atoms with Crippen molar-refractivity contribution in [2.24, 2.45) is 0 Å². The number of hydrogen-bond acceptors (Lipinski definition) is 6. The van der Waals surface area contributed by atoms with Gasteiger partial charge in [-0.3, -0.25) is 14.4 Å². The maximum Gasteiger partial charge on any atom is 0.306 e. The van der Waals surface area contributed by atoms with Gasteiger partial charge in [0.25, 0.3) is 0 Å². The van der Waals surface area contributed by atoms with Crippen LogP contribution < -0.4 is 4.90 Å². The number of ketones is 1. The fraction of sp³-hybridized carbons (Fsp3) is 0.250. The van der Waals surface area contributed by atoms with Gasteiger partial charge in [0.05, 0.1) is 25.8 Å². The summed E-state index contributed by atoms with van der Waals surface area (Å²) in [5.41, 5.74) is 1.94. The molecule has 0 saturated heterocycles. The average molecular weight is 369 g/mol. The highest BCUT2D eigenvalue weighted by atomic mass is 16.5. The molecule has 2 aromatic carbocycles. The molecule has 7 heteroatoms. The molecule has 27 heavy (non-hydrogen) atoms. The van der Waals surface area contributed by atoms with Crippen LogP contribution in [0.2, 0.25) is 0 Å². The summed E-state index contributed by atoms with van der Waals surface area (Å²) in [7, 11) is 1.24. The lowest BCUT2D eigenvalue weighted by Gasteiger charge is -2.28. The van der Waals surface area contributed by atoms with Gasteiger partial charge in [-0.2, -0.15) is 0 Å². The molecule has 0 saturated carbocycles. The van der Waals surface area contributed by atoms with Gasteiger partial charge in [0.1, 0.15) is 11.5 Å². The Hall–Kier alpha value is -3.35. The fourth-order valence-corrected chi connectivity index (χ4v) is 3.10. The largest absolute Gasteiger partial charge is 0.508 e. The third kappa shape index (κ3) is 3.92. The van der Waals surface area contributed by atoms with Crippen molar-refractivity contribution in [2.75, 3.05) is 12.0 Å². The number of anilines is 1. The molecule has 3 rings (SSSR count). The molecule has 0 bridgehead atoms. The van der Waals surface area contributed by atoms with E-state index in [0.29, 0.717) is 16.7 Å². The van der Waals surface area contributed by atoms with Gasteiger partial charge in [-0.25, -0.2) is 0 Å². The molecule has 2 N–H and O–H groups in total. The number of phenols is 2. The number of Topliss-reactive ketones (excluding diaryl/α,β-unsaturated/α-hetero) is 1. The zero-order valence-electron chi connectivity index (χ0n) is 14.8. The first-order chi connectivity index (χ1) is 12.9. The molecular formula is C20H19NO6. The van der Waals surface area contributed by atoms with Crippen molar-refractivity contribution >= 4 is 23.3 Å². The molecule has 0 radical (unpaired) electrons. The van der Waals surface area contributed by atoms with Crippen molar-refractivity contribution in [3.63, 3.8) is 0 Å². The van der Waals surface area contributed by atoms with Gasteiger partial charge >= 0.3 is 5.97 Å². The van der Waals surface area contributed by atoms with E-state index in [2.05, 4.69) is 4.74 Å². The number of carbonyl (C=O) groups is 3. The van der Waals surface area contributed by atoms with E-state index in [9.17, 15) is 24.6 Å². The van der Waals surface area contributed by atoms with Gasteiger partial charge in [0.15, 0.2) is 5.78 Å². The van der Waals surface area contributed by atoms with Crippen LogP contribution in [0.4, 0.5) is 5.69 Å². The molecule has 0 aromatic heterocycles. The second-order valence-corrected chi connectivity index (χ2v) is 6.31. The Morgan fingerprint density at radius 2 is 1.74 bits per heavy atom. The van der Waals surface area contributed by atoms with Gasteiger partial charge in [0.2, 0.25) is 5.91 Å². The van der Waals surface area contributed by atoms with Crippen molar-refractivity contribution in [3.8, 4) is 11.5 Å². The Bertz CT molecular complexity index is 921. The number of esters is 1. The minimum absolute atomic E-state index is 0.0277. The van der Waals surface area contributed by atoms with Crippen LogP contribution in [0.1, 0.15) is 34.3 Å². The number of nitrogens with zero attached hydrogens (tertiary/aromatic N) is 1. The summed E-state index contributed by atoms with van der Waals surface area (Å²) in [5, 5.41) is 19.7. The average Bonchev–Trinajstić information content (AvgIpc) is 2.64. The fourth-order valence-electron chi connectivity index (χ4n) is 3.10. The molecule has 0 spiro atoms. The van der Waals surface area contributed by atoms with Gasteiger partial charge < -0.3 is 19.8 Å². The second-order valence-electron chi connectivity index (χ2n) is 6.31. The lowest BCUT2D eigenvalue weighted by atomic mass is 9.94. The van der Waals surface area contributed by atoms with E-state index in [-0.39, 0.29) is 48.8 Å². The standard InChI is InChI=1S/C20H19NO6/c1-27-20(26)7-6-19(25)21-11-13-8-14(22)3-2-12(13)9-18(24)16-5-4-15(23)10-17(16)21/h2-5,8,10,22-23H,6-7,9,11H2,1H3. The maximum atomic E-state index is 12.8. The van der Waals surface area contributed by atoms with E-state index in [1.807, 2.05) is 0 Å². The number of rotatable bonds is 3. The van der Waals surface area contributed by atoms with Crippen LogP contribution in [0.5, 0.6) is 11.5 Å². The van der Waals surface area contributed by atoms with Crippen LogP contribution in [0.25, 0.3) is 0 Å². The highest BCUT2D eigenvalue weighted by molar-refractivity contribution is 6.07. The lowest BCUT2D eigenvalue weighted by molar-refractivity contribution is -0.141. The number of amides is 1. The van der Waals surface area contributed by atoms with Crippen LogP contribution in [0.3, 0.4) is 0 Å². The first-order valence-corrected chi connectivity index (χ1v) is 8.43. The van der Waals surface area contributed by atoms with E-state index in [1.54, 1.807) is 6.07 Å². The molecule has 0 unspecified atom stereocenters. The normalized spacial score (nSPS) is 13.2. The molecule has 2 aromatic rings. The van der Waals surface area contributed by atoms with Crippen LogP contribution in [0.15, 0.2) is 36.4 Å². The maximum absolute atomic E-state index is 12.8. The summed E-state index contributed by atoms with van der Waals surface area (Å²) < 4.78 is 4.57. The number of ether oxygens (including phenoxy) is 1. The Labute approximate surface area is 155 Å².